The van der Waals surface area contributed by atoms with Crippen molar-refractivity contribution in [2.75, 3.05) is 13.7 Å². The lowest BCUT2D eigenvalue weighted by molar-refractivity contribution is 0.0548. The van der Waals surface area contributed by atoms with Gasteiger partial charge in [0.2, 0.25) is 0 Å². The molecule has 0 saturated carbocycles. The van der Waals surface area contributed by atoms with Gasteiger partial charge in [-0.2, -0.15) is 5.26 Å². The summed E-state index contributed by atoms with van der Waals surface area (Å²) in [4.78, 5) is 16.5. The summed E-state index contributed by atoms with van der Waals surface area (Å²) in [5.41, 5.74) is 2.48. The topological polar surface area (TPSA) is 72.2 Å². The maximum absolute atomic E-state index is 12.1. The molecule has 2 rings (SSSR count). The lowest BCUT2D eigenvalue weighted by Gasteiger charge is -2.12. The number of carbonyl (C=O) groups excluding carboxylic acids is 1. The number of esters is 1. The molecule has 1 aromatic heterocycles. The second-order valence-electron chi connectivity index (χ2n) is 4.24. The average molecular weight is 270 g/mol. The van der Waals surface area contributed by atoms with Gasteiger partial charge in [-0.05, 0) is 18.6 Å². The molecule has 0 aliphatic carbocycles. The SMILES string of the molecule is COCc1nc2ccccc2c(C)c1C(=O)OCC#N. The van der Waals surface area contributed by atoms with E-state index in [9.17, 15) is 4.79 Å². The summed E-state index contributed by atoms with van der Waals surface area (Å²) in [5.74, 6) is -0.547. The van der Waals surface area contributed by atoms with Crippen molar-refractivity contribution >= 4 is 16.9 Å². The Hall–Kier alpha value is -2.45. The Morgan fingerprint density at radius 1 is 1.40 bits per heavy atom. The van der Waals surface area contributed by atoms with E-state index in [0.29, 0.717) is 11.3 Å². The van der Waals surface area contributed by atoms with E-state index in [0.717, 1.165) is 16.5 Å². The summed E-state index contributed by atoms with van der Waals surface area (Å²) in [6.45, 7) is 1.77. The number of nitrogens with zero attached hydrogens (tertiary/aromatic N) is 2. The van der Waals surface area contributed by atoms with E-state index in [4.69, 9.17) is 14.7 Å². The fourth-order valence-electron chi connectivity index (χ4n) is 2.12. The second-order valence-corrected chi connectivity index (χ2v) is 4.24. The van der Waals surface area contributed by atoms with Crippen molar-refractivity contribution in [1.29, 1.82) is 5.26 Å². The molecule has 0 atom stereocenters. The first-order chi connectivity index (χ1) is 9.69. The first-order valence-electron chi connectivity index (χ1n) is 6.10. The van der Waals surface area contributed by atoms with Crippen LogP contribution in [-0.2, 0) is 16.1 Å². The summed E-state index contributed by atoms with van der Waals surface area (Å²) >= 11 is 0. The first-order valence-corrected chi connectivity index (χ1v) is 6.10. The van der Waals surface area contributed by atoms with Gasteiger partial charge in [0, 0.05) is 12.5 Å². The van der Waals surface area contributed by atoms with E-state index in [-0.39, 0.29) is 13.2 Å². The Labute approximate surface area is 116 Å². The largest absolute Gasteiger partial charge is 0.447 e. The molecule has 20 heavy (non-hydrogen) atoms. The molecule has 2 aromatic rings. The van der Waals surface area contributed by atoms with E-state index in [1.807, 2.05) is 31.2 Å². The Morgan fingerprint density at radius 3 is 2.85 bits per heavy atom. The number of nitriles is 1. The molecule has 0 radical (unpaired) electrons. The number of para-hydroxylation sites is 1. The number of hydrogen-bond acceptors (Lipinski definition) is 5. The zero-order valence-electron chi connectivity index (χ0n) is 11.3. The van der Waals surface area contributed by atoms with E-state index in [2.05, 4.69) is 4.98 Å². The number of aryl methyl sites for hydroxylation is 1. The molecular formula is C15H14N2O3. The van der Waals surface area contributed by atoms with Crippen LogP contribution in [0.1, 0.15) is 21.6 Å². The van der Waals surface area contributed by atoms with Crippen molar-refractivity contribution in [2.24, 2.45) is 0 Å². The quantitative estimate of drug-likeness (QED) is 0.797. The normalized spacial score (nSPS) is 10.2. The van der Waals surface area contributed by atoms with E-state index in [1.165, 1.54) is 7.11 Å². The number of pyridine rings is 1. The molecule has 0 unspecified atom stereocenters. The molecule has 0 bridgehead atoms. The van der Waals surface area contributed by atoms with Gasteiger partial charge in [-0.15, -0.1) is 0 Å². The molecule has 1 aromatic carbocycles. The monoisotopic (exact) mass is 270 g/mol. The van der Waals surface area contributed by atoms with Crippen molar-refractivity contribution in [3.8, 4) is 6.07 Å². The van der Waals surface area contributed by atoms with Crippen molar-refractivity contribution < 1.29 is 14.3 Å². The third-order valence-electron chi connectivity index (χ3n) is 2.98. The minimum atomic E-state index is -0.547. The maximum atomic E-state index is 12.1. The average Bonchev–Trinajstić information content (AvgIpc) is 2.45. The Kier molecular flexibility index (Phi) is 4.28. The highest BCUT2D eigenvalue weighted by Crippen LogP contribution is 2.24. The second kappa shape index (κ2) is 6.13. The minimum Gasteiger partial charge on any atom is -0.447 e. The number of aromatic nitrogens is 1. The summed E-state index contributed by atoms with van der Waals surface area (Å²) in [6, 6.07) is 9.33. The van der Waals surface area contributed by atoms with Crippen LogP contribution < -0.4 is 0 Å². The standard InChI is InChI=1S/C15H14N2O3/c1-10-11-5-3-4-6-12(11)17-13(9-19-2)14(10)15(18)20-8-7-16/h3-6H,8-9H2,1-2H3. The zero-order chi connectivity index (χ0) is 14.5. The summed E-state index contributed by atoms with van der Waals surface area (Å²) < 4.78 is 9.99. The maximum Gasteiger partial charge on any atom is 0.341 e. The van der Waals surface area contributed by atoms with Gasteiger partial charge in [0.05, 0.1) is 23.4 Å². The van der Waals surface area contributed by atoms with Gasteiger partial charge < -0.3 is 9.47 Å². The van der Waals surface area contributed by atoms with Crippen molar-refractivity contribution in [3.05, 3.63) is 41.1 Å². The Bertz CT molecular complexity index is 689. The molecule has 1 heterocycles. The van der Waals surface area contributed by atoms with Crippen molar-refractivity contribution in [3.63, 3.8) is 0 Å². The van der Waals surface area contributed by atoms with Crippen LogP contribution in [0.4, 0.5) is 0 Å². The van der Waals surface area contributed by atoms with Crippen molar-refractivity contribution in [1.82, 2.24) is 4.98 Å². The Morgan fingerprint density at radius 2 is 2.15 bits per heavy atom. The number of rotatable bonds is 4. The Balaban J connectivity index is 2.60. The van der Waals surface area contributed by atoms with Crippen molar-refractivity contribution in [2.45, 2.75) is 13.5 Å². The predicted octanol–water partition coefficient (Wildman–Crippen LogP) is 2.37. The highest BCUT2D eigenvalue weighted by Gasteiger charge is 2.19. The lowest BCUT2D eigenvalue weighted by atomic mass is 10.0. The van der Waals surface area contributed by atoms with Crippen LogP contribution in [0, 0.1) is 18.3 Å². The number of methoxy groups -OCH3 is 1. The van der Waals surface area contributed by atoms with Crippen LogP contribution in [0.15, 0.2) is 24.3 Å². The van der Waals surface area contributed by atoms with Gasteiger partial charge in [0.25, 0.3) is 0 Å². The van der Waals surface area contributed by atoms with Gasteiger partial charge in [-0.1, -0.05) is 18.2 Å². The number of hydrogen-bond donors (Lipinski definition) is 0. The van der Waals surface area contributed by atoms with Gasteiger partial charge in [0.1, 0.15) is 6.07 Å². The van der Waals surface area contributed by atoms with Crippen LogP contribution >= 0.6 is 0 Å². The van der Waals surface area contributed by atoms with Crippen LogP contribution in [-0.4, -0.2) is 24.7 Å². The molecule has 5 heteroatoms. The number of fused-ring (bicyclic) bond motifs is 1. The van der Waals surface area contributed by atoms with Gasteiger partial charge >= 0.3 is 5.97 Å². The summed E-state index contributed by atoms with van der Waals surface area (Å²) in [6.07, 6.45) is 0. The van der Waals surface area contributed by atoms with E-state index >= 15 is 0 Å². The van der Waals surface area contributed by atoms with Crippen LogP contribution in [0.25, 0.3) is 10.9 Å². The number of benzene rings is 1. The third-order valence-corrected chi connectivity index (χ3v) is 2.98. The van der Waals surface area contributed by atoms with Crippen LogP contribution in [0.3, 0.4) is 0 Å². The lowest BCUT2D eigenvalue weighted by Crippen LogP contribution is -2.13. The first kappa shape index (κ1) is 14.0. The molecule has 0 spiro atoms. The van der Waals surface area contributed by atoms with E-state index < -0.39 is 5.97 Å². The predicted molar refractivity (Wildman–Crippen MR) is 73.1 cm³/mol. The molecule has 102 valence electrons. The van der Waals surface area contributed by atoms with Gasteiger partial charge in [0.15, 0.2) is 6.61 Å². The van der Waals surface area contributed by atoms with E-state index in [1.54, 1.807) is 6.07 Å². The molecule has 0 aliphatic rings. The molecule has 0 aliphatic heterocycles. The molecule has 5 nitrogen and oxygen atoms in total. The summed E-state index contributed by atoms with van der Waals surface area (Å²) in [7, 11) is 1.54. The zero-order valence-corrected chi connectivity index (χ0v) is 11.3. The highest BCUT2D eigenvalue weighted by molar-refractivity contribution is 5.98. The van der Waals surface area contributed by atoms with Gasteiger partial charge in [-0.25, -0.2) is 9.78 Å². The molecule has 0 amide bonds. The molecule has 0 saturated heterocycles. The minimum absolute atomic E-state index is 0.211. The summed E-state index contributed by atoms with van der Waals surface area (Å²) in [5, 5.41) is 9.39. The third kappa shape index (κ3) is 2.60. The fraction of sp³-hybridized carbons (Fsp3) is 0.267. The van der Waals surface area contributed by atoms with Gasteiger partial charge in [-0.3, -0.25) is 0 Å². The molecule has 0 N–H and O–H groups in total. The smallest absolute Gasteiger partial charge is 0.341 e. The van der Waals surface area contributed by atoms with Crippen LogP contribution in [0.2, 0.25) is 0 Å². The fourth-order valence-corrected chi connectivity index (χ4v) is 2.12. The molecule has 0 fully saturated rings. The number of ether oxygens (including phenoxy) is 2. The highest BCUT2D eigenvalue weighted by atomic mass is 16.5. The number of carbonyl (C=O) groups is 1. The molecular weight excluding hydrogens is 256 g/mol. The van der Waals surface area contributed by atoms with Crippen LogP contribution in [0.5, 0.6) is 0 Å².